The molecule has 4 nitrogen and oxygen atoms in total. The molecular formula is C18H19BrN2O2. The third-order valence-electron chi connectivity index (χ3n) is 3.86. The smallest absolute Gasteiger partial charge is 0.240 e. The zero-order chi connectivity index (χ0) is 16.2. The Morgan fingerprint density at radius 1 is 1.35 bits per heavy atom. The Kier molecular flexibility index (Phi) is 4.86. The van der Waals surface area contributed by atoms with Gasteiger partial charge in [-0.25, -0.2) is 0 Å². The highest BCUT2D eigenvalue weighted by Crippen LogP contribution is 2.20. The zero-order valence-electron chi connectivity index (χ0n) is 13.0. The summed E-state index contributed by atoms with van der Waals surface area (Å²) in [5, 5.41) is 4.17. The van der Waals surface area contributed by atoms with Gasteiger partial charge in [0, 0.05) is 34.0 Å². The predicted molar refractivity (Wildman–Crippen MR) is 94.3 cm³/mol. The third kappa shape index (κ3) is 4.05. The number of nitrogens with one attached hydrogen (secondary N) is 1. The Labute approximate surface area is 143 Å². The number of aromatic nitrogens is 1. The van der Waals surface area contributed by atoms with Crippen LogP contribution in [-0.2, 0) is 17.8 Å². The van der Waals surface area contributed by atoms with E-state index in [9.17, 15) is 4.79 Å². The Morgan fingerprint density at radius 2 is 2.22 bits per heavy atom. The van der Waals surface area contributed by atoms with Crippen LogP contribution in [0, 0.1) is 0 Å². The van der Waals surface area contributed by atoms with E-state index in [2.05, 4.69) is 27.3 Å². The van der Waals surface area contributed by atoms with Gasteiger partial charge in [0.05, 0.1) is 6.26 Å². The molecule has 1 N–H and O–H groups in total. The van der Waals surface area contributed by atoms with Crippen LogP contribution in [0.15, 0.2) is 57.7 Å². The molecule has 23 heavy (non-hydrogen) atoms. The summed E-state index contributed by atoms with van der Waals surface area (Å²) in [6.45, 7) is 2.35. The first-order chi connectivity index (χ1) is 11.1. The van der Waals surface area contributed by atoms with Crippen LogP contribution < -0.4 is 5.32 Å². The second kappa shape index (κ2) is 7.04. The maximum Gasteiger partial charge on any atom is 0.240 e. The topological polar surface area (TPSA) is 47.2 Å². The lowest BCUT2D eigenvalue weighted by Gasteiger charge is -2.14. The van der Waals surface area contributed by atoms with Crippen molar-refractivity contribution in [3.05, 3.63) is 59.1 Å². The van der Waals surface area contributed by atoms with E-state index in [0.29, 0.717) is 6.54 Å². The highest BCUT2D eigenvalue weighted by molar-refractivity contribution is 9.10. The summed E-state index contributed by atoms with van der Waals surface area (Å²) in [5.74, 6) is 0.977. The van der Waals surface area contributed by atoms with Crippen molar-refractivity contribution in [2.24, 2.45) is 0 Å². The van der Waals surface area contributed by atoms with Crippen molar-refractivity contribution >= 4 is 32.7 Å². The molecule has 3 rings (SSSR count). The van der Waals surface area contributed by atoms with E-state index in [1.807, 2.05) is 48.0 Å². The van der Waals surface area contributed by atoms with E-state index in [1.165, 1.54) is 0 Å². The molecule has 0 aliphatic carbocycles. The molecule has 0 bridgehead atoms. The van der Waals surface area contributed by atoms with Crippen LogP contribution in [0.1, 0.15) is 19.1 Å². The summed E-state index contributed by atoms with van der Waals surface area (Å²) in [6.07, 6.45) is 5.31. The van der Waals surface area contributed by atoms with Crippen molar-refractivity contribution in [3.63, 3.8) is 0 Å². The molecule has 0 aliphatic heterocycles. The molecule has 120 valence electrons. The van der Waals surface area contributed by atoms with E-state index in [-0.39, 0.29) is 11.9 Å². The molecule has 1 aromatic carbocycles. The molecule has 5 heteroatoms. The summed E-state index contributed by atoms with van der Waals surface area (Å²) in [6, 6.07) is 12.0. The number of carbonyl (C=O) groups is 1. The number of carbonyl (C=O) groups excluding carboxylic acids is 1. The van der Waals surface area contributed by atoms with Gasteiger partial charge < -0.3 is 14.3 Å². The summed E-state index contributed by atoms with van der Waals surface area (Å²) < 4.78 is 8.32. The zero-order valence-corrected chi connectivity index (χ0v) is 14.5. The fourth-order valence-electron chi connectivity index (χ4n) is 2.67. The van der Waals surface area contributed by atoms with Crippen LogP contribution in [0.2, 0.25) is 0 Å². The first kappa shape index (κ1) is 15.9. The molecule has 1 atom stereocenters. The summed E-state index contributed by atoms with van der Waals surface area (Å²) in [4.78, 5) is 12.2. The van der Waals surface area contributed by atoms with Crippen LogP contribution >= 0.6 is 15.9 Å². The molecular weight excluding hydrogens is 356 g/mol. The lowest BCUT2D eigenvalue weighted by molar-refractivity contribution is -0.122. The Bertz CT molecular complexity index is 793. The van der Waals surface area contributed by atoms with Crippen LogP contribution in [0.4, 0.5) is 0 Å². The number of rotatable bonds is 6. The molecule has 2 aromatic heterocycles. The minimum atomic E-state index is 0.0253. The predicted octanol–water partition coefficient (Wildman–Crippen LogP) is 4.13. The van der Waals surface area contributed by atoms with E-state index in [0.717, 1.165) is 34.0 Å². The minimum absolute atomic E-state index is 0.0253. The van der Waals surface area contributed by atoms with Crippen molar-refractivity contribution < 1.29 is 9.21 Å². The fourth-order valence-corrected chi connectivity index (χ4v) is 3.05. The van der Waals surface area contributed by atoms with Gasteiger partial charge in [0.25, 0.3) is 0 Å². The molecule has 0 spiro atoms. The SMILES string of the molecule is CC(CCc1ccco1)NC(=O)Cn1ccc2cc(Br)ccc21. The highest BCUT2D eigenvalue weighted by atomic mass is 79.9. The van der Waals surface area contributed by atoms with E-state index in [1.54, 1.807) is 6.26 Å². The van der Waals surface area contributed by atoms with Gasteiger partial charge in [-0.05, 0) is 49.7 Å². The lowest BCUT2D eigenvalue weighted by atomic mass is 10.1. The second-order valence-electron chi connectivity index (χ2n) is 5.73. The number of amides is 1. The summed E-state index contributed by atoms with van der Waals surface area (Å²) >= 11 is 3.46. The molecule has 0 radical (unpaired) electrons. The second-order valence-corrected chi connectivity index (χ2v) is 6.65. The van der Waals surface area contributed by atoms with Crippen molar-refractivity contribution in [1.29, 1.82) is 0 Å². The number of halogens is 1. The number of benzene rings is 1. The van der Waals surface area contributed by atoms with Gasteiger partial charge >= 0.3 is 0 Å². The third-order valence-corrected chi connectivity index (χ3v) is 4.35. The van der Waals surface area contributed by atoms with Gasteiger partial charge in [-0.3, -0.25) is 4.79 Å². The molecule has 3 aromatic rings. The van der Waals surface area contributed by atoms with Crippen LogP contribution in [0.5, 0.6) is 0 Å². The van der Waals surface area contributed by atoms with Gasteiger partial charge in [0.2, 0.25) is 5.91 Å². The van der Waals surface area contributed by atoms with E-state index >= 15 is 0 Å². The molecule has 1 unspecified atom stereocenters. The average molecular weight is 375 g/mol. The minimum Gasteiger partial charge on any atom is -0.469 e. The van der Waals surface area contributed by atoms with Crippen molar-refractivity contribution in [2.45, 2.75) is 32.4 Å². The Balaban J connectivity index is 1.55. The van der Waals surface area contributed by atoms with Crippen LogP contribution in [-0.4, -0.2) is 16.5 Å². The number of furan rings is 1. The van der Waals surface area contributed by atoms with Gasteiger partial charge in [-0.15, -0.1) is 0 Å². The number of nitrogens with zero attached hydrogens (tertiary/aromatic N) is 1. The standard InChI is InChI=1S/C18H19BrN2O2/c1-13(4-6-16-3-2-10-23-16)20-18(22)12-21-9-8-14-11-15(19)5-7-17(14)21/h2-3,5,7-11,13H,4,6,12H2,1H3,(H,20,22). The Hall–Kier alpha value is -2.01. The number of hydrogen-bond acceptors (Lipinski definition) is 2. The van der Waals surface area contributed by atoms with E-state index < -0.39 is 0 Å². The largest absolute Gasteiger partial charge is 0.469 e. The molecule has 0 saturated carbocycles. The number of hydrogen-bond donors (Lipinski definition) is 1. The van der Waals surface area contributed by atoms with Crippen LogP contribution in [0.3, 0.4) is 0 Å². The van der Waals surface area contributed by atoms with Gasteiger partial charge in [-0.1, -0.05) is 15.9 Å². The lowest BCUT2D eigenvalue weighted by Crippen LogP contribution is -2.35. The number of aryl methyl sites for hydroxylation is 1. The maximum atomic E-state index is 12.2. The first-order valence-electron chi connectivity index (χ1n) is 7.68. The average Bonchev–Trinajstić information content (AvgIpc) is 3.15. The number of fused-ring (bicyclic) bond motifs is 1. The van der Waals surface area contributed by atoms with Crippen LogP contribution in [0.25, 0.3) is 10.9 Å². The van der Waals surface area contributed by atoms with Gasteiger partial charge in [0.15, 0.2) is 0 Å². The van der Waals surface area contributed by atoms with Gasteiger partial charge in [0.1, 0.15) is 12.3 Å². The fraction of sp³-hybridized carbons (Fsp3) is 0.278. The van der Waals surface area contributed by atoms with Crippen molar-refractivity contribution in [2.75, 3.05) is 0 Å². The summed E-state index contributed by atoms with van der Waals surface area (Å²) in [5.41, 5.74) is 1.06. The quantitative estimate of drug-likeness (QED) is 0.704. The highest BCUT2D eigenvalue weighted by Gasteiger charge is 2.10. The molecule has 0 aliphatic rings. The van der Waals surface area contributed by atoms with Crippen molar-refractivity contribution in [1.82, 2.24) is 9.88 Å². The normalized spacial score (nSPS) is 12.4. The molecule has 0 fully saturated rings. The molecule has 1 amide bonds. The Morgan fingerprint density at radius 3 is 3.00 bits per heavy atom. The van der Waals surface area contributed by atoms with E-state index in [4.69, 9.17) is 4.42 Å². The van der Waals surface area contributed by atoms with Crippen molar-refractivity contribution in [3.8, 4) is 0 Å². The molecule has 0 saturated heterocycles. The molecule has 2 heterocycles. The summed E-state index contributed by atoms with van der Waals surface area (Å²) in [7, 11) is 0. The monoisotopic (exact) mass is 374 g/mol. The first-order valence-corrected chi connectivity index (χ1v) is 8.47. The maximum absolute atomic E-state index is 12.2. The van der Waals surface area contributed by atoms with Gasteiger partial charge in [-0.2, -0.15) is 0 Å².